The molecule has 1 aliphatic heterocycles. The van der Waals surface area contributed by atoms with Crippen molar-refractivity contribution in [1.29, 1.82) is 0 Å². The van der Waals surface area contributed by atoms with Crippen molar-refractivity contribution < 1.29 is 0 Å². The zero-order valence-electron chi connectivity index (χ0n) is 12.4. The second-order valence-corrected chi connectivity index (χ2v) is 5.79. The number of anilines is 2. The smallest absolute Gasteiger partial charge is 0.130 e. The summed E-state index contributed by atoms with van der Waals surface area (Å²) in [5, 5.41) is 6.85. The number of aryl methyl sites for hydroxylation is 1. The van der Waals surface area contributed by atoms with Crippen LogP contribution in [0.25, 0.3) is 0 Å². The van der Waals surface area contributed by atoms with Crippen molar-refractivity contribution >= 4 is 11.5 Å². The van der Waals surface area contributed by atoms with E-state index in [1.165, 1.54) is 37.9 Å². The van der Waals surface area contributed by atoms with Crippen molar-refractivity contribution in [2.75, 3.05) is 18.4 Å². The molecule has 2 heterocycles. The predicted molar refractivity (Wildman–Crippen MR) is 87.9 cm³/mol. The molecule has 3 nitrogen and oxygen atoms in total. The van der Waals surface area contributed by atoms with Gasteiger partial charge in [0.2, 0.25) is 0 Å². The number of para-hydroxylation sites is 1. The fourth-order valence-electron chi connectivity index (χ4n) is 2.91. The van der Waals surface area contributed by atoms with Crippen molar-refractivity contribution in [2.24, 2.45) is 5.92 Å². The minimum atomic E-state index is 0.831. The van der Waals surface area contributed by atoms with E-state index in [1.807, 2.05) is 24.4 Å². The van der Waals surface area contributed by atoms with Gasteiger partial charge in [0, 0.05) is 11.9 Å². The van der Waals surface area contributed by atoms with Gasteiger partial charge >= 0.3 is 0 Å². The first-order chi connectivity index (χ1) is 10.4. The molecule has 1 aliphatic rings. The zero-order chi connectivity index (χ0) is 14.3. The SMILES string of the molecule is c1ccc(Nc2cc(CC[C@@H]3CCCNC3)ccn2)cc1. The average Bonchev–Trinajstić information content (AvgIpc) is 2.55. The highest BCUT2D eigenvalue weighted by atomic mass is 15.0. The monoisotopic (exact) mass is 281 g/mol. The Hall–Kier alpha value is -1.87. The van der Waals surface area contributed by atoms with Crippen molar-refractivity contribution in [3.63, 3.8) is 0 Å². The topological polar surface area (TPSA) is 37.0 Å². The molecule has 0 amide bonds. The van der Waals surface area contributed by atoms with Crippen molar-refractivity contribution in [3.05, 3.63) is 54.2 Å². The number of nitrogens with one attached hydrogen (secondary N) is 2. The molecule has 3 rings (SSSR count). The Kier molecular flexibility index (Phi) is 4.85. The van der Waals surface area contributed by atoms with E-state index in [9.17, 15) is 0 Å². The lowest BCUT2D eigenvalue weighted by atomic mass is 9.93. The summed E-state index contributed by atoms with van der Waals surface area (Å²) in [6, 6.07) is 14.5. The maximum absolute atomic E-state index is 4.41. The van der Waals surface area contributed by atoms with Gasteiger partial charge in [0.15, 0.2) is 0 Å². The van der Waals surface area contributed by atoms with E-state index in [0.717, 1.165) is 23.8 Å². The highest BCUT2D eigenvalue weighted by molar-refractivity contribution is 5.56. The van der Waals surface area contributed by atoms with E-state index in [2.05, 4.69) is 39.9 Å². The molecule has 0 radical (unpaired) electrons. The Morgan fingerprint density at radius 3 is 2.90 bits per heavy atom. The molecule has 1 aromatic heterocycles. The molecule has 2 N–H and O–H groups in total. The molecule has 21 heavy (non-hydrogen) atoms. The van der Waals surface area contributed by atoms with Gasteiger partial charge in [0.25, 0.3) is 0 Å². The number of rotatable bonds is 5. The van der Waals surface area contributed by atoms with Crippen LogP contribution >= 0.6 is 0 Å². The minimum Gasteiger partial charge on any atom is -0.340 e. The molecule has 0 aliphatic carbocycles. The number of hydrogen-bond donors (Lipinski definition) is 2. The van der Waals surface area contributed by atoms with Crippen molar-refractivity contribution in [3.8, 4) is 0 Å². The molecule has 2 aromatic rings. The van der Waals surface area contributed by atoms with Gasteiger partial charge in [-0.3, -0.25) is 0 Å². The highest BCUT2D eigenvalue weighted by Gasteiger charge is 2.12. The molecular formula is C18H23N3. The first-order valence-electron chi connectivity index (χ1n) is 7.88. The van der Waals surface area contributed by atoms with Crippen molar-refractivity contribution in [2.45, 2.75) is 25.7 Å². The molecule has 1 aromatic carbocycles. The largest absolute Gasteiger partial charge is 0.340 e. The number of hydrogen-bond acceptors (Lipinski definition) is 3. The lowest BCUT2D eigenvalue weighted by molar-refractivity contribution is 0.358. The summed E-state index contributed by atoms with van der Waals surface area (Å²) in [6.07, 6.45) is 6.99. The Morgan fingerprint density at radius 1 is 1.19 bits per heavy atom. The molecule has 1 atom stereocenters. The van der Waals surface area contributed by atoms with Gasteiger partial charge in [-0.25, -0.2) is 4.98 Å². The maximum Gasteiger partial charge on any atom is 0.130 e. The van der Waals surface area contributed by atoms with E-state index in [1.54, 1.807) is 0 Å². The Labute approximate surface area is 126 Å². The van der Waals surface area contributed by atoms with Crippen LogP contribution in [0.3, 0.4) is 0 Å². The Bertz CT molecular complexity index is 547. The molecule has 1 fully saturated rings. The van der Waals surface area contributed by atoms with Gasteiger partial charge in [-0.15, -0.1) is 0 Å². The van der Waals surface area contributed by atoms with Crippen LogP contribution in [0.5, 0.6) is 0 Å². The van der Waals surface area contributed by atoms with Gasteiger partial charge in [0.1, 0.15) is 5.82 Å². The molecule has 1 saturated heterocycles. The van der Waals surface area contributed by atoms with E-state index in [0.29, 0.717) is 0 Å². The quantitative estimate of drug-likeness (QED) is 0.876. The zero-order valence-corrected chi connectivity index (χ0v) is 12.4. The Morgan fingerprint density at radius 2 is 2.10 bits per heavy atom. The number of benzene rings is 1. The second-order valence-electron chi connectivity index (χ2n) is 5.79. The van der Waals surface area contributed by atoms with Gasteiger partial charge < -0.3 is 10.6 Å². The van der Waals surface area contributed by atoms with Crippen LogP contribution in [-0.2, 0) is 6.42 Å². The summed E-state index contributed by atoms with van der Waals surface area (Å²) in [7, 11) is 0. The molecule has 0 saturated carbocycles. The standard InChI is InChI=1S/C18H23N3/c1-2-6-17(7-3-1)21-18-13-15(10-12-20-18)8-9-16-5-4-11-19-14-16/h1-3,6-7,10,12-13,16,19H,4-5,8-9,11,14H2,(H,20,21)/t16-/m0/s1. The van der Waals surface area contributed by atoms with E-state index < -0.39 is 0 Å². The first kappa shape index (κ1) is 14.1. The summed E-state index contributed by atoms with van der Waals surface area (Å²) >= 11 is 0. The second kappa shape index (κ2) is 7.23. The lowest BCUT2D eigenvalue weighted by Gasteiger charge is -2.22. The number of pyridine rings is 1. The third kappa shape index (κ3) is 4.30. The van der Waals surface area contributed by atoms with E-state index >= 15 is 0 Å². The van der Waals surface area contributed by atoms with Gasteiger partial charge in [0.05, 0.1) is 0 Å². The van der Waals surface area contributed by atoms with Gasteiger partial charge in [-0.05, 0) is 74.5 Å². The third-order valence-electron chi connectivity index (χ3n) is 4.11. The van der Waals surface area contributed by atoms with E-state index in [-0.39, 0.29) is 0 Å². The van der Waals surface area contributed by atoms with Crippen LogP contribution in [-0.4, -0.2) is 18.1 Å². The summed E-state index contributed by atoms with van der Waals surface area (Å²) in [5.74, 6) is 1.76. The van der Waals surface area contributed by atoms with Crippen LogP contribution < -0.4 is 10.6 Å². The molecule has 0 bridgehead atoms. The summed E-state index contributed by atoms with van der Waals surface area (Å²) in [6.45, 7) is 2.37. The number of aromatic nitrogens is 1. The molecule has 3 heteroatoms. The predicted octanol–water partition coefficient (Wildman–Crippen LogP) is 3.76. The van der Waals surface area contributed by atoms with Crippen LogP contribution in [0.2, 0.25) is 0 Å². The molecule has 0 unspecified atom stereocenters. The third-order valence-corrected chi connectivity index (χ3v) is 4.11. The maximum atomic E-state index is 4.41. The normalized spacial score (nSPS) is 18.4. The molecule has 110 valence electrons. The fraction of sp³-hybridized carbons (Fsp3) is 0.389. The first-order valence-corrected chi connectivity index (χ1v) is 7.88. The molecular weight excluding hydrogens is 258 g/mol. The van der Waals surface area contributed by atoms with Crippen LogP contribution in [0, 0.1) is 5.92 Å². The number of piperidine rings is 1. The summed E-state index contributed by atoms with van der Waals surface area (Å²) < 4.78 is 0. The lowest BCUT2D eigenvalue weighted by Crippen LogP contribution is -2.29. The average molecular weight is 281 g/mol. The van der Waals surface area contributed by atoms with Gasteiger partial charge in [-0.1, -0.05) is 18.2 Å². The van der Waals surface area contributed by atoms with Gasteiger partial charge in [-0.2, -0.15) is 0 Å². The van der Waals surface area contributed by atoms with Crippen LogP contribution in [0.1, 0.15) is 24.8 Å². The fourth-order valence-corrected chi connectivity index (χ4v) is 2.91. The molecule has 0 spiro atoms. The summed E-state index contributed by atoms with van der Waals surface area (Å²) in [5.41, 5.74) is 2.45. The van der Waals surface area contributed by atoms with E-state index in [4.69, 9.17) is 0 Å². The minimum absolute atomic E-state index is 0.831. The summed E-state index contributed by atoms with van der Waals surface area (Å²) in [4.78, 5) is 4.41. The van der Waals surface area contributed by atoms with Crippen LogP contribution in [0.15, 0.2) is 48.7 Å². The van der Waals surface area contributed by atoms with Crippen LogP contribution in [0.4, 0.5) is 11.5 Å². The Balaban J connectivity index is 1.57. The number of nitrogens with zero attached hydrogens (tertiary/aromatic N) is 1. The highest BCUT2D eigenvalue weighted by Crippen LogP contribution is 2.19. The van der Waals surface area contributed by atoms with Crippen molar-refractivity contribution in [1.82, 2.24) is 10.3 Å².